The molecule has 2 aromatic rings. The molecule has 0 unspecified atom stereocenters. The van der Waals surface area contributed by atoms with Crippen LogP contribution in [-0.4, -0.2) is 36.8 Å². The van der Waals surface area contributed by atoms with Gasteiger partial charge in [-0.25, -0.2) is 4.79 Å². The van der Waals surface area contributed by atoms with E-state index >= 15 is 0 Å². The number of hydrogen-bond donors (Lipinski definition) is 0. The van der Waals surface area contributed by atoms with Gasteiger partial charge in [-0.15, -0.1) is 22.7 Å². The number of carbonyl (C=O) groups excluding carboxylic acids is 2. The summed E-state index contributed by atoms with van der Waals surface area (Å²) in [7, 11) is 0. The average molecular weight is 403 g/mol. The van der Waals surface area contributed by atoms with Crippen LogP contribution in [0.5, 0.6) is 0 Å². The molecule has 27 heavy (non-hydrogen) atoms. The summed E-state index contributed by atoms with van der Waals surface area (Å²) in [5.74, 6) is -0.523. The van der Waals surface area contributed by atoms with Gasteiger partial charge in [-0.2, -0.15) is 0 Å². The Hall–Kier alpha value is -1.99. The lowest BCUT2D eigenvalue weighted by Crippen LogP contribution is -2.45. The molecule has 5 nitrogen and oxygen atoms in total. The van der Waals surface area contributed by atoms with Gasteiger partial charge in [-0.05, 0) is 56.5 Å². The van der Waals surface area contributed by atoms with Crippen LogP contribution in [0.4, 0.5) is 5.00 Å². The number of aliphatic imine (C=N–C) groups is 1. The molecule has 1 atom stereocenters. The molecule has 2 aromatic heterocycles. The van der Waals surface area contributed by atoms with E-state index in [0.29, 0.717) is 6.61 Å². The first-order valence-electron chi connectivity index (χ1n) is 9.33. The first kappa shape index (κ1) is 18.4. The number of rotatable bonds is 4. The molecule has 7 heteroatoms. The molecule has 1 aliphatic carbocycles. The quantitative estimate of drug-likeness (QED) is 0.731. The van der Waals surface area contributed by atoms with Crippen molar-refractivity contribution in [3.8, 4) is 0 Å². The van der Waals surface area contributed by atoms with Crippen LogP contribution >= 0.6 is 22.7 Å². The number of aryl methyl sites for hydroxylation is 1. The predicted octanol–water partition coefficient (Wildman–Crippen LogP) is 3.82. The number of carbonyl (C=O) groups is 2. The second-order valence-electron chi connectivity index (χ2n) is 6.72. The van der Waals surface area contributed by atoms with Crippen molar-refractivity contribution in [3.05, 3.63) is 38.4 Å². The van der Waals surface area contributed by atoms with Crippen molar-refractivity contribution in [3.63, 3.8) is 0 Å². The van der Waals surface area contributed by atoms with E-state index in [0.717, 1.165) is 40.4 Å². The molecule has 0 radical (unpaired) electrons. The summed E-state index contributed by atoms with van der Waals surface area (Å²) in [5.41, 5.74) is 3.26. The van der Waals surface area contributed by atoms with Crippen LogP contribution in [0.15, 0.2) is 22.5 Å². The molecule has 0 saturated carbocycles. The lowest BCUT2D eigenvalue weighted by Gasteiger charge is -2.26. The molecular weight excluding hydrogens is 380 g/mol. The van der Waals surface area contributed by atoms with Gasteiger partial charge in [0.05, 0.1) is 17.2 Å². The Kier molecular flexibility index (Phi) is 5.14. The zero-order valence-corrected chi connectivity index (χ0v) is 17.1. The Morgan fingerprint density at radius 2 is 2.19 bits per heavy atom. The highest BCUT2D eigenvalue weighted by Crippen LogP contribution is 2.43. The number of thiophene rings is 2. The molecule has 1 aliphatic heterocycles. The molecule has 142 valence electrons. The SMILES string of the molecule is CCOC(=O)[C@@H](C)N1C(=O)CN=C(c2cccs2)c2c1sc1c2CCCC1. The topological polar surface area (TPSA) is 59.0 Å². The van der Waals surface area contributed by atoms with E-state index < -0.39 is 6.04 Å². The normalized spacial score (nSPS) is 17.6. The molecule has 0 saturated heterocycles. The number of amides is 1. The van der Waals surface area contributed by atoms with Crippen molar-refractivity contribution in [2.24, 2.45) is 4.99 Å². The summed E-state index contributed by atoms with van der Waals surface area (Å²) in [6, 6.07) is 3.40. The van der Waals surface area contributed by atoms with Crippen LogP contribution in [0.2, 0.25) is 0 Å². The first-order chi connectivity index (χ1) is 13.1. The first-order valence-corrected chi connectivity index (χ1v) is 11.0. The predicted molar refractivity (Wildman–Crippen MR) is 109 cm³/mol. The summed E-state index contributed by atoms with van der Waals surface area (Å²) in [6.45, 7) is 3.87. The van der Waals surface area contributed by atoms with Crippen LogP contribution in [-0.2, 0) is 27.2 Å². The molecule has 0 fully saturated rings. The zero-order chi connectivity index (χ0) is 19.0. The minimum atomic E-state index is -0.658. The lowest BCUT2D eigenvalue weighted by atomic mass is 9.93. The molecule has 3 heterocycles. The number of ether oxygens (including phenoxy) is 1. The van der Waals surface area contributed by atoms with Gasteiger partial charge < -0.3 is 4.74 Å². The van der Waals surface area contributed by atoms with Crippen LogP contribution in [0.1, 0.15) is 47.6 Å². The number of anilines is 1. The van der Waals surface area contributed by atoms with Gasteiger partial charge in [0.1, 0.15) is 17.6 Å². The fourth-order valence-corrected chi connectivity index (χ4v) is 5.98. The summed E-state index contributed by atoms with van der Waals surface area (Å²) < 4.78 is 5.20. The monoisotopic (exact) mass is 402 g/mol. The minimum absolute atomic E-state index is 0.0488. The van der Waals surface area contributed by atoms with Gasteiger partial charge in [-0.3, -0.25) is 14.7 Å². The average Bonchev–Trinajstić information content (AvgIpc) is 3.29. The van der Waals surface area contributed by atoms with Gasteiger partial charge in [-0.1, -0.05) is 6.07 Å². The second kappa shape index (κ2) is 7.56. The molecular formula is C20H22N2O3S2. The standard InChI is InChI=1S/C20H22N2O3S2/c1-3-25-20(24)12(2)22-16(23)11-21-18(15-9-6-10-26-15)17-13-7-4-5-8-14(13)27-19(17)22/h6,9-10,12H,3-5,7-8,11H2,1-2H3/t12-/m1/s1. The number of esters is 1. The Labute approximate surface area is 166 Å². The minimum Gasteiger partial charge on any atom is -0.464 e. The van der Waals surface area contributed by atoms with E-state index in [2.05, 4.69) is 6.07 Å². The fraction of sp³-hybridized carbons (Fsp3) is 0.450. The maximum atomic E-state index is 13.0. The summed E-state index contributed by atoms with van der Waals surface area (Å²) >= 11 is 3.28. The molecule has 1 amide bonds. The second-order valence-corrected chi connectivity index (χ2v) is 8.76. The van der Waals surface area contributed by atoms with Crippen molar-refractivity contribution >= 4 is 45.3 Å². The highest BCUT2D eigenvalue weighted by molar-refractivity contribution is 7.17. The zero-order valence-electron chi connectivity index (χ0n) is 15.5. The van der Waals surface area contributed by atoms with E-state index in [4.69, 9.17) is 9.73 Å². The smallest absolute Gasteiger partial charge is 0.328 e. The molecule has 2 aliphatic rings. The maximum Gasteiger partial charge on any atom is 0.328 e. The van der Waals surface area contributed by atoms with Gasteiger partial charge in [0.15, 0.2) is 0 Å². The van der Waals surface area contributed by atoms with E-state index in [9.17, 15) is 9.59 Å². The molecule has 4 rings (SSSR count). The Bertz CT molecular complexity index is 899. The van der Waals surface area contributed by atoms with Crippen molar-refractivity contribution in [2.75, 3.05) is 18.1 Å². The fourth-order valence-electron chi connectivity index (χ4n) is 3.76. The van der Waals surface area contributed by atoms with Crippen molar-refractivity contribution in [1.29, 1.82) is 0 Å². The number of hydrogen-bond acceptors (Lipinski definition) is 6. The number of nitrogens with zero attached hydrogens (tertiary/aromatic N) is 2. The summed E-state index contributed by atoms with van der Waals surface area (Å²) in [5, 5.41) is 2.89. The highest BCUT2D eigenvalue weighted by atomic mass is 32.1. The Balaban J connectivity index is 1.87. The maximum absolute atomic E-state index is 13.0. The Morgan fingerprint density at radius 1 is 1.37 bits per heavy atom. The van der Waals surface area contributed by atoms with Crippen LogP contribution in [0, 0.1) is 0 Å². The molecule has 0 bridgehead atoms. The third kappa shape index (κ3) is 3.23. The van der Waals surface area contributed by atoms with Crippen LogP contribution in [0.3, 0.4) is 0 Å². The largest absolute Gasteiger partial charge is 0.464 e. The summed E-state index contributed by atoms with van der Waals surface area (Å²) in [4.78, 5) is 34.1. The van der Waals surface area contributed by atoms with Gasteiger partial charge in [0.25, 0.3) is 0 Å². The van der Waals surface area contributed by atoms with Gasteiger partial charge in [0, 0.05) is 10.4 Å². The van der Waals surface area contributed by atoms with Gasteiger partial charge >= 0.3 is 5.97 Å². The molecule has 0 N–H and O–H groups in total. The highest BCUT2D eigenvalue weighted by Gasteiger charge is 2.37. The third-order valence-corrected chi connectivity index (χ3v) is 7.19. The van der Waals surface area contributed by atoms with E-state index in [1.165, 1.54) is 16.9 Å². The van der Waals surface area contributed by atoms with E-state index in [-0.39, 0.29) is 18.4 Å². The Morgan fingerprint density at radius 3 is 2.93 bits per heavy atom. The molecule has 0 aromatic carbocycles. The van der Waals surface area contributed by atoms with Crippen molar-refractivity contribution in [1.82, 2.24) is 0 Å². The number of fused-ring (bicyclic) bond motifs is 3. The molecule has 0 spiro atoms. The van der Waals surface area contributed by atoms with Crippen molar-refractivity contribution < 1.29 is 14.3 Å². The van der Waals surface area contributed by atoms with E-state index in [1.54, 1.807) is 41.4 Å². The van der Waals surface area contributed by atoms with Gasteiger partial charge in [0.2, 0.25) is 5.91 Å². The van der Waals surface area contributed by atoms with Crippen LogP contribution < -0.4 is 4.90 Å². The third-order valence-electron chi connectivity index (χ3n) is 5.02. The lowest BCUT2D eigenvalue weighted by molar-refractivity contribution is -0.145. The van der Waals surface area contributed by atoms with Crippen LogP contribution in [0.25, 0.3) is 0 Å². The van der Waals surface area contributed by atoms with Crippen molar-refractivity contribution in [2.45, 2.75) is 45.6 Å². The van der Waals surface area contributed by atoms with E-state index in [1.807, 2.05) is 11.4 Å². The summed E-state index contributed by atoms with van der Waals surface area (Å²) in [6.07, 6.45) is 4.34.